The second kappa shape index (κ2) is 9.77. The molecule has 5 rings (SSSR count). The van der Waals surface area contributed by atoms with Gasteiger partial charge in [0.25, 0.3) is 11.5 Å². The van der Waals surface area contributed by atoms with Gasteiger partial charge in [0.1, 0.15) is 20.8 Å². The Kier molecular flexibility index (Phi) is 6.55. The van der Waals surface area contributed by atoms with Crippen LogP contribution in [0.4, 0.5) is 4.39 Å². The number of halogens is 1. The van der Waals surface area contributed by atoms with Crippen LogP contribution in [0.1, 0.15) is 16.7 Å². The number of thiocarbonyl (C=S) groups is 1. The second-order valence-corrected chi connectivity index (χ2v) is 10.6. The minimum atomic E-state index is -0.345. The normalized spacial score (nSPS) is 14.9. The van der Waals surface area contributed by atoms with Gasteiger partial charge in [0.05, 0.1) is 17.0 Å². The van der Waals surface area contributed by atoms with Crippen LogP contribution in [-0.4, -0.2) is 24.5 Å². The predicted octanol–water partition coefficient (Wildman–Crippen LogP) is 5.69. The number of carbonyl (C=O) groups is 1. The van der Waals surface area contributed by atoms with E-state index < -0.39 is 0 Å². The van der Waals surface area contributed by atoms with Crippen molar-refractivity contribution in [3.63, 3.8) is 0 Å². The van der Waals surface area contributed by atoms with Crippen LogP contribution in [-0.2, 0) is 11.3 Å². The third kappa shape index (κ3) is 4.93. The molecule has 0 atom stereocenters. The Balaban J connectivity index is 1.54. The fourth-order valence-corrected chi connectivity index (χ4v) is 5.67. The maximum atomic E-state index is 13.4. The highest BCUT2D eigenvalue weighted by molar-refractivity contribution is 8.26. The zero-order valence-corrected chi connectivity index (χ0v) is 20.9. The molecule has 2 aromatic carbocycles. The van der Waals surface area contributed by atoms with Crippen molar-refractivity contribution < 1.29 is 9.18 Å². The van der Waals surface area contributed by atoms with E-state index in [4.69, 9.17) is 17.2 Å². The molecule has 2 aromatic heterocycles. The highest BCUT2D eigenvalue weighted by Crippen LogP contribution is 2.35. The summed E-state index contributed by atoms with van der Waals surface area (Å²) in [7, 11) is 0. The van der Waals surface area contributed by atoms with Crippen molar-refractivity contribution in [2.24, 2.45) is 0 Å². The molecule has 4 aromatic rings. The third-order valence-electron chi connectivity index (χ3n) is 5.37. The Morgan fingerprint density at radius 1 is 1.06 bits per heavy atom. The molecule has 0 unspecified atom stereocenters. The van der Waals surface area contributed by atoms with Crippen LogP contribution in [0.15, 0.2) is 92.5 Å². The molecule has 0 aliphatic carbocycles. The smallest absolute Gasteiger partial charge is 0.266 e. The number of fused-ring (bicyclic) bond motifs is 1. The Labute approximate surface area is 214 Å². The van der Waals surface area contributed by atoms with E-state index in [1.165, 1.54) is 33.2 Å². The lowest BCUT2D eigenvalue weighted by Crippen LogP contribution is -2.27. The van der Waals surface area contributed by atoms with E-state index in [2.05, 4.69) is 0 Å². The monoisotopic (exact) mass is 519 g/mol. The van der Waals surface area contributed by atoms with Gasteiger partial charge in [0.15, 0.2) is 0 Å². The average molecular weight is 520 g/mol. The number of aromatic nitrogens is 2. The van der Waals surface area contributed by atoms with Crippen LogP contribution in [0.5, 0.6) is 0 Å². The number of hydrogen-bond acceptors (Lipinski definition) is 6. The zero-order valence-electron chi connectivity index (χ0n) is 18.5. The summed E-state index contributed by atoms with van der Waals surface area (Å²) < 4.78 is 15.1. The van der Waals surface area contributed by atoms with E-state index in [9.17, 15) is 14.0 Å². The highest BCUT2D eigenvalue weighted by Gasteiger charge is 2.32. The fraction of sp³-hybridized carbons (Fsp3) is 0.0769. The molecule has 0 saturated carbocycles. The van der Waals surface area contributed by atoms with E-state index >= 15 is 0 Å². The minimum absolute atomic E-state index is 0.224. The quantitative estimate of drug-likeness (QED) is 0.192. The molecule has 174 valence electrons. The number of aryl methyl sites for hydroxylation is 1. The summed E-state index contributed by atoms with van der Waals surface area (Å²) in [6, 6.07) is 19.2. The van der Waals surface area contributed by atoms with E-state index in [1.807, 2.05) is 37.3 Å². The van der Waals surface area contributed by atoms with Gasteiger partial charge >= 0.3 is 0 Å². The SMILES string of the molecule is Cc1ccc(Sc2nc3ccccn3c(=O)c2C=C2SC(=S)N(Cc3ccc(F)cc3)C2=O)cc1. The molecule has 1 amide bonds. The van der Waals surface area contributed by atoms with Gasteiger partial charge in [-0.05, 0) is 55.0 Å². The van der Waals surface area contributed by atoms with E-state index in [0.717, 1.165) is 27.8 Å². The van der Waals surface area contributed by atoms with Gasteiger partial charge in [0.2, 0.25) is 0 Å². The number of carbonyl (C=O) groups excluding carboxylic acids is 1. The van der Waals surface area contributed by atoms with Crippen molar-refractivity contribution in [3.05, 3.63) is 111 Å². The van der Waals surface area contributed by atoms with Gasteiger partial charge in [-0.25, -0.2) is 9.37 Å². The summed E-state index contributed by atoms with van der Waals surface area (Å²) in [4.78, 5) is 34.1. The van der Waals surface area contributed by atoms with Crippen LogP contribution in [0, 0.1) is 12.7 Å². The van der Waals surface area contributed by atoms with E-state index in [0.29, 0.717) is 25.5 Å². The first kappa shape index (κ1) is 23.5. The largest absolute Gasteiger partial charge is 0.288 e. The zero-order chi connectivity index (χ0) is 24.5. The number of hydrogen-bond donors (Lipinski definition) is 0. The van der Waals surface area contributed by atoms with E-state index in [-0.39, 0.29) is 23.8 Å². The number of rotatable bonds is 5. The van der Waals surface area contributed by atoms with Crippen molar-refractivity contribution in [2.75, 3.05) is 0 Å². The maximum Gasteiger partial charge on any atom is 0.266 e. The van der Waals surface area contributed by atoms with Crippen LogP contribution < -0.4 is 5.56 Å². The topological polar surface area (TPSA) is 54.7 Å². The Morgan fingerprint density at radius 3 is 2.54 bits per heavy atom. The predicted molar refractivity (Wildman–Crippen MR) is 142 cm³/mol. The molecular weight excluding hydrogens is 502 g/mol. The lowest BCUT2D eigenvalue weighted by molar-refractivity contribution is -0.122. The fourth-order valence-electron chi connectivity index (χ4n) is 3.54. The van der Waals surface area contributed by atoms with Crippen LogP contribution >= 0.6 is 35.7 Å². The molecule has 1 fully saturated rings. The number of benzene rings is 2. The molecule has 1 saturated heterocycles. The summed E-state index contributed by atoms with van der Waals surface area (Å²) in [5.74, 6) is -0.643. The third-order valence-corrected chi connectivity index (χ3v) is 7.76. The van der Waals surface area contributed by atoms with Crippen molar-refractivity contribution in [3.8, 4) is 0 Å². The first-order valence-corrected chi connectivity index (χ1v) is 12.7. The number of nitrogens with zero attached hydrogens (tertiary/aromatic N) is 3. The molecule has 5 nitrogen and oxygen atoms in total. The molecule has 0 radical (unpaired) electrons. The molecule has 0 bridgehead atoms. The summed E-state index contributed by atoms with van der Waals surface area (Å²) in [5.41, 5.74) is 2.46. The first-order chi connectivity index (χ1) is 16.9. The van der Waals surface area contributed by atoms with Crippen molar-refractivity contribution in [1.29, 1.82) is 0 Å². The Bertz CT molecular complexity index is 1550. The number of pyridine rings is 1. The summed E-state index contributed by atoms with van der Waals surface area (Å²) in [5, 5.41) is 0.508. The first-order valence-electron chi connectivity index (χ1n) is 10.6. The van der Waals surface area contributed by atoms with Gasteiger partial charge < -0.3 is 0 Å². The lowest BCUT2D eigenvalue weighted by Gasteiger charge is -2.14. The second-order valence-electron chi connectivity index (χ2n) is 7.87. The summed E-state index contributed by atoms with van der Waals surface area (Å²) in [6.07, 6.45) is 3.23. The van der Waals surface area contributed by atoms with Crippen molar-refractivity contribution in [2.45, 2.75) is 23.4 Å². The van der Waals surface area contributed by atoms with Gasteiger partial charge in [-0.1, -0.05) is 71.6 Å². The van der Waals surface area contributed by atoms with Gasteiger partial charge in [-0.3, -0.25) is 18.9 Å². The maximum absolute atomic E-state index is 13.4. The van der Waals surface area contributed by atoms with Crippen molar-refractivity contribution >= 4 is 57.7 Å². The van der Waals surface area contributed by atoms with Crippen LogP contribution in [0.3, 0.4) is 0 Å². The molecule has 0 N–H and O–H groups in total. The minimum Gasteiger partial charge on any atom is -0.288 e. The summed E-state index contributed by atoms with van der Waals surface area (Å²) in [6.45, 7) is 2.23. The van der Waals surface area contributed by atoms with Crippen LogP contribution in [0.25, 0.3) is 11.7 Å². The molecule has 1 aliphatic rings. The molecule has 3 heterocycles. The standard InChI is InChI=1S/C26H18FN3O2S3/c1-16-5-11-19(12-6-16)34-23-20(24(31)29-13-3-2-4-22(29)28-23)14-21-25(32)30(26(33)35-21)15-17-7-9-18(27)10-8-17/h2-14H,15H2,1H3. The summed E-state index contributed by atoms with van der Waals surface area (Å²) >= 11 is 7.95. The van der Waals surface area contributed by atoms with E-state index in [1.54, 1.807) is 36.5 Å². The Morgan fingerprint density at radius 2 is 1.80 bits per heavy atom. The van der Waals surface area contributed by atoms with Gasteiger partial charge in [-0.2, -0.15) is 0 Å². The van der Waals surface area contributed by atoms with Gasteiger partial charge in [-0.15, -0.1) is 0 Å². The van der Waals surface area contributed by atoms with Crippen LogP contribution in [0.2, 0.25) is 0 Å². The lowest BCUT2D eigenvalue weighted by atomic mass is 10.2. The molecule has 1 aliphatic heterocycles. The average Bonchev–Trinajstić information content (AvgIpc) is 3.11. The molecule has 0 spiro atoms. The molecule has 9 heteroatoms. The van der Waals surface area contributed by atoms with Crippen molar-refractivity contribution in [1.82, 2.24) is 14.3 Å². The van der Waals surface area contributed by atoms with Gasteiger partial charge in [0, 0.05) is 11.1 Å². The highest BCUT2D eigenvalue weighted by atomic mass is 32.2. The molecular formula is C26H18FN3O2S3. The molecule has 35 heavy (non-hydrogen) atoms. The number of thioether (sulfide) groups is 1. The number of amides is 1. The Hall–Kier alpha value is -3.27.